The molecule has 0 bridgehead atoms. The first-order chi connectivity index (χ1) is 8.70. The van der Waals surface area contributed by atoms with Gasteiger partial charge in [0.25, 0.3) is 0 Å². The number of aromatic nitrogens is 2. The molecule has 18 heavy (non-hydrogen) atoms. The van der Waals surface area contributed by atoms with Crippen LogP contribution in [0.5, 0.6) is 0 Å². The van der Waals surface area contributed by atoms with E-state index in [9.17, 15) is 4.79 Å². The highest BCUT2D eigenvalue weighted by molar-refractivity contribution is 8.01. The number of carbonyl (C=O) groups excluding carboxylic acids is 1. The lowest BCUT2D eigenvalue weighted by Gasteiger charge is -2.35. The summed E-state index contributed by atoms with van der Waals surface area (Å²) >= 11 is 3.06. The number of likely N-dealkylation sites (tertiary alicyclic amines) is 1. The summed E-state index contributed by atoms with van der Waals surface area (Å²) in [5, 5.41) is 8.95. The summed E-state index contributed by atoms with van der Waals surface area (Å²) in [6.07, 6.45) is 4.62. The summed E-state index contributed by atoms with van der Waals surface area (Å²) in [6.45, 7) is 5.02. The zero-order valence-corrected chi connectivity index (χ0v) is 12.5. The average molecular weight is 285 g/mol. The minimum absolute atomic E-state index is 0.249. The average Bonchev–Trinajstić information content (AvgIpc) is 2.81. The van der Waals surface area contributed by atoms with Crippen LogP contribution in [0.1, 0.15) is 37.6 Å². The van der Waals surface area contributed by atoms with Gasteiger partial charge in [0.05, 0.1) is 5.75 Å². The molecule has 1 aromatic heterocycles. The Morgan fingerprint density at radius 2 is 2.33 bits per heavy atom. The Morgan fingerprint density at radius 3 is 3.00 bits per heavy atom. The van der Waals surface area contributed by atoms with Crippen LogP contribution in [0.15, 0.2) is 4.34 Å². The van der Waals surface area contributed by atoms with Crippen molar-refractivity contribution in [2.45, 2.75) is 49.9 Å². The fraction of sp³-hybridized carbons (Fsp3) is 0.750. The molecule has 0 N–H and O–H groups in total. The minimum Gasteiger partial charge on any atom is -0.339 e. The molecule has 0 radical (unpaired) electrons. The number of nitrogens with zero attached hydrogens (tertiary/aromatic N) is 3. The number of hydrogen-bond donors (Lipinski definition) is 0. The Morgan fingerprint density at radius 1 is 1.50 bits per heavy atom. The number of amides is 1. The molecule has 1 fully saturated rings. The van der Waals surface area contributed by atoms with Crippen LogP contribution in [0, 0.1) is 6.92 Å². The number of rotatable bonds is 4. The predicted molar refractivity (Wildman–Crippen MR) is 75.0 cm³/mol. The third-order valence-corrected chi connectivity index (χ3v) is 5.20. The highest BCUT2D eigenvalue weighted by Crippen LogP contribution is 2.24. The van der Waals surface area contributed by atoms with Crippen molar-refractivity contribution in [1.29, 1.82) is 0 Å². The SMILES string of the molecule is CCC1CCCCN1C(=O)CSc1nnc(C)s1. The van der Waals surface area contributed by atoms with Gasteiger partial charge in [-0.15, -0.1) is 10.2 Å². The quantitative estimate of drug-likeness (QED) is 0.798. The van der Waals surface area contributed by atoms with E-state index in [0.717, 1.165) is 35.2 Å². The Kier molecular flexibility index (Phi) is 5.00. The number of aryl methyl sites for hydroxylation is 1. The maximum atomic E-state index is 12.2. The standard InChI is InChI=1S/C12H19N3OS2/c1-3-10-6-4-5-7-15(10)11(16)8-17-12-14-13-9(2)18-12/h10H,3-8H2,1-2H3. The van der Waals surface area contributed by atoms with E-state index in [2.05, 4.69) is 22.0 Å². The zero-order valence-electron chi connectivity index (χ0n) is 10.9. The van der Waals surface area contributed by atoms with E-state index in [1.54, 1.807) is 11.3 Å². The molecule has 1 saturated heterocycles. The Hall–Kier alpha value is -0.620. The molecule has 0 aromatic carbocycles. The van der Waals surface area contributed by atoms with Gasteiger partial charge in [0, 0.05) is 12.6 Å². The Bertz CT molecular complexity index is 408. The van der Waals surface area contributed by atoms with Gasteiger partial charge in [0.2, 0.25) is 5.91 Å². The van der Waals surface area contributed by atoms with Gasteiger partial charge in [-0.25, -0.2) is 0 Å². The molecule has 1 atom stereocenters. The zero-order chi connectivity index (χ0) is 13.0. The monoisotopic (exact) mass is 285 g/mol. The third-order valence-electron chi connectivity index (χ3n) is 3.25. The van der Waals surface area contributed by atoms with Crippen LogP contribution < -0.4 is 0 Å². The second-order valence-corrected chi connectivity index (χ2v) is 6.92. The molecule has 2 rings (SSSR count). The number of piperidine rings is 1. The summed E-state index contributed by atoms with van der Waals surface area (Å²) in [4.78, 5) is 14.3. The van der Waals surface area contributed by atoms with Crippen LogP contribution in [0.2, 0.25) is 0 Å². The molecule has 2 heterocycles. The van der Waals surface area contributed by atoms with Crippen LogP contribution in [-0.4, -0.2) is 39.3 Å². The van der Waals surface area contributed by atoms with Gasteiger partial charge in [-0.1, -0.05) is 30.0 Å². The maximum absolute atomic E-state index is 12.2. The van der Waals surface area contributed by atoms with Crippen molar-refractivity contribution in [3.63, 3.8) is 0 Å². The van der Waals surface area contributed by atoms with Crippen molar-refractivity contribution >= 4 is 29.0 Å². The van der Waals surface area contributed by atoms with Crippen molar-refractivity contribution in [3.8, 4) is 0 Å². The van der Waals surface area contributed by atoms with E-state index in [1.165, 1.54) is 18.2 Å². The molecule has 100 valence electrons. The Balaban J connectivity index is 1.86. The predicted octanol–water partition coefficient (Wildman–Crippen LogP) is 2.73. The molecule has 1 aromatic rings. The van der Waals surface area contributed by atoms with E-state index < -0.39 is 0 Å². The lowest BCUT2D eigenvalue weighted by atomic mass is 10.0. The van der Waals surface area contributed by atoms with Crippen LogP contribution in [0.3, 0.4) is 0 Å². The molecule has 0 saturated carbocycles. The summed E-state index contributed by atoms with van der Waals surface area (Å²) in [5.74, 6) is 0.741. The minimum atomic E-state index is 0.249. The second-order valence-electron chi connectivity index (χ2n) is 4.52. The molecule has 1 aliphatic heterocycles. The first-order valence-electron chi connectivity index (χ1n) is 6.43. The molecule has 0 aliphatic carbocycles. The van der Waals surface area contributed by atoms with E-state index in [0.29, 0.717) is 11.8 Å². The molecule has 4 nitrogen and oxygen atoms in total. The number of carbonyl (C=O) groups is 1. The fourth-order valence-corrected chi connectivity index (χ4v) is 4.00. The molecule has 1 unspecified atom stereocenters. The normalized spacial score (nSPS) is 20.1. The van der Waals surface area contributed by atoms with Gasteiger partial charge in [-0.2, -0.15) is 0 Å². The topological polar surface area (TPSA) is 46.1 Å². The largest absolute Gasteiger partial charge is 0.339 e. The van der Waals surface area contributed by atoms with E-state index in [4.69, 9.17) is 0 Å². The Labute approximate surface area is 116 Å². The molecular weight excluding hydrogens is 266 g/mol. The van der Waals surface area contributed by atoms with Gasteiger partial charge in [0.1, 0.15) is 5.01 Å². The van der Waals surface area contributed by atoms with Crippen LogP contribution in [0.25, 0.3) is 0 Å². The van der Waals surface area contributed by atoms with Crippen molar-refractivity contribution in [1.82, 2.24) is 15.1 Å². The summed E-state index contributed by atoms with van der Waals surface area (Å²) in [6, 6.07) is 0.447. The second kappa shape index (κ2) is 6.52. The van der Waals surface area contributed by atoms with Gasteiger partial charge in [-0.3, -0.25) is 4.79 Å². The fourth-order valence-electron chi connectivity index (χ4n) is 2.30. The summed E-state index contributed by atoms with van der Waals surface area (Å²) < 4.78 is 0.894. The first kappa shape index (κ1) is 13.8. The smallest absolute Gasteiger partial charge is 0.233 e. The number of hydrogen-bond acceptors (Lipinski definition) is 5. The van der Waals surface area contributed by atoms with Crippen molar-refractivity contribution < 1.29 is 4.79 Å². The van der Waals surface area contributed by atoms with Crippen molar-refractivity contribution in [2.24, 2.45) is 0 Å². The van der Waals surface area contributed by atoms with E-state index in [1.807, 2.05) is 6.92 Å². The molecular formula is C12H19N3OS2. The van der Waals surface area contributed by atoms with E-state index >= 15 is 0 Å². The highest BCUT2D eigenvalue weighted by atomic mass is 32.2. The lowest BCUT2D eigenvalue weighted by Crippen LogP contribution is -2.44. The van der Waals surface area contributed by atoms with Gasteiger partial charge >= 0.3 is 0 Å². The third kappa shape index (κ3) is 3.45. The first-order valence-corrected chi connectivity index (χ1v) is 8.23. The van der Waals surface area contributed by atoms with E-state index in [-0.39, 0.29) is 5.91 Å². The molecule has 0 spiro atoms. The molecule has 1 amide bonds. The van der Waals surface area contributed by atoms with Crippen LogP contribution in [0.4, 0.5) is 0 Å². The van der Waals surface area contributed by atoms with Gasteiger partial charge in [-0.05, 0) is 32.6 Å². The molecule has 6 heteroatoms. The lowest BCUT2D eigenvalue weighted by molar-refractivity contribution is -0.132. The highest BCUT2D eigenvalue weighted by Gasteiger charge is 2.25. The molecule has 1 aliphatic rings. The van der Waals surface area contributed by atoms with Gasteiger partial charge < -0.3 is 4.90 Å². The van der Waals surface area contributed by atoms with Crippen LogP contribution >= 0.6 is 23.1 Å². The van der Waals surface area contributed by atoms with Crippen molar-refractivity contribution in [2.75, 3.05) is 12.3 Å². The number of thioether (sulfide) groups is 1. The van der Waals surface area contributed by atoms with Crippen LogP contribution in [-0.2, 0) is 4.79 Å². The summed E-state index contributed by atoms with van der Waals surface area (Å²) in [5.41, 5.74) is 0. The maximum Gasteiger partial charge on any atom is 0.233 e. The van der Waals surface area contributed by atoms with Crippen molar-refractivity contribution in [3.05, 3.63) is 5.01 Å². The van der Waals surface area contributed by atoms with Gasteiger partial charge in [0.15, 0.2) is 4.34 Å². The summed E-state index contributed by atoms with van der Waals surface area (Å²) in [7, 11) is 0.